The molecule has 0 aromatic heterocycles. The van der Waals surface area contributed by atoms with E-state index in [4.69, 9.17) is 11.6 Å². The molecule has 0 heterocycles. The van der Waals surface area contributed by atoms with Crippen molar-refractivity contribution in [3.8, 4) is 0 Å². The van der Waals surface area contributed by atoms with Gasteiger partial charge in [0.05, 0.1) is 6.10 Å². The van der Waals surface area contributed by atoms with Crippen LogP contribution in [0.15, 0.2) is 53.4 Å². The summed E-state index contributed by atoms with van der Waals surface area (Å²) in [6.07, 6.45) is -0.0768. The van der Waals surface area contributed by atoms with Gasteiger partial charge in [0.15, 0.2) is 0 Å². The summed E-state index contributed by atoms with van der Waals surface area (Å²) in [5, 5.41) is 10.3. The molecule has 1 N–H and O–H groups in total. The summed E-state index contributed by atoms with van der Waals surface area (Å²) in [6.45, 7) is 0. The maximum atomic E-state index is 12.9. The van der Waals surface area contributed by atoms with Gasteiger partial charge in [-0.1, -0.05) is 35.9 Å². The van der Waals surface area contributed by atoms with Gasteiger partial charge >= 0.3 is 0 Å². The van der Waals surface area contributed by atoms with Crippen LogP contribution in [-0.4, -0.2) is 17.0 Å². The smallest absolute Gasteiger partial charge is 0.124 e. The fourth-order valence-electron chi connectivity index (χ4n) is 1.71. The van der Waals surface area contributed by atoms with Crippen LogP contribution in [0.2, 0.25) is 5.02 Å². The molecule has 0 spiro atoms. The third kappa shape index (κ3) is 4.53. The molecule has 0 bridgehead atoms. The van der Waals surface area contributed by atoms with E-state index < -0.39 is 6.10 Å². The normalized spacial score (nSPS) is 12.4. The molecule has 1 unspecified atom stereocenters. The van der Waals surface area contributed by atoms with Crippen molar-refractivity contribution in [3.63, 3.8) is 0 Å². The van der Waals surface area contributed by atoms with Crippen LogP contribution >= 0.6 is 23.4 Å². The zero-order chi connectivity index (χ0) is 13.7. The van der Waals surface area contributed by atoms with Gasteiger partial charge in [-0.15, -0.1) is 11.8 Å². The Kier molecular flexibility index (Phi) is 5.25. The Balaban J connectivity index is 1.89. The lowest BCUT2D eigenvalue weighted by Gasteiger charge is -2.11. The molecule has 1 atom stereocenters. The van der Waals surface area contributed by atoms with Crippen LogP contribution in [0.3, 0.4) is 0 Å². The molecule has 100 valence electrons. The molecule has 0 radical (unpaired) electrons. The molecule has 0 saturated heterocycles. The van der Waals surface area contributed by atoms with Crippen LogP contribution in [0.25, 0.3) is 0 Å². The highest BCUT2D eigenvalue weighted by Gasteiger charge is 2.10. The molecule has 0 aliphatic rings. The molecule has 0 fully saturated rings. The summed E-state index contributed by atoms with van der Waals surface area (Å²) in [5.74, 6) is 0.222. The number of thioether (sulfide) groups is 1. The molecule has 0 aliphatic carbocycles. The summed E-state index contributed by atoms with van der Waals surface area (Å²) < 4.78 is 12.9. The zero-order valence-corrected chi connectivity index (χ0v) is 11.8. The number of aliphatic hydroxyl groups is 1. The van der Waals surface area contributed by atoms with Crippen molar-refractivity contribution in [2.24, 2.45) is 0 Å². The lowest BCUT2D eigenvalue weighted by molar-refractivity contribution is 0.200. The molecule has 0 aliphatic heterocycles. The average Bonchev–Trinajstić information content (AvgIpc) is 2.41. The quantitative estimate of drug-likeness (QED) is 0.836. The van der Waals surface area contributed by atoms with E-state index in [1.807, 2.05) is 30.3 Å². The fourth-order valence-corrected chi connectivity index (χ4v) is 2.81. The van der Waals surface area contributed by atoms with E-state index in [0.29, 0.717) is 17.2 Å². The first-order chi connectivity index (χ1) is 9.15. The van der Waals surface area contributed by atoms with Gasteiger partial charge in [-0.2, -0.15) is 0 Å². The standard InChI is InChI=1S/C15H14ClFOS/c16-15-9-12(17)7-6-11(15)8-13(18)10-19-14-4-2-1-3-5-14/h1-7,9,13,18H,8,10H2. The fraction of sp³-hybridized carbons (Fsp3) is 0.200. The SMILES string of the molecule is OC(CSc1ccccc1)Cc1ccc(F)cc1Cl. The lowest BCUT2D eigenvalue weighted by Crippen LogP contribution is -2.13. The van der Waals surface area contributed by atoms with Gasteiger partial charge in [0.1, 0.15) is 5.82 Å². The van der Waals surface area contributed by atoms with Gasteiger partial charge in [-0.05, 0) is 29.8 Å². The van der Waals surface area contributed by atoms with Gasteiger partial charge in [-0.25, -0.2) is 4.39 Å². The number of aliphatic hydroxyl groups excluding tert-OH is 1. The Hall–Kier alpha value is -1.03. The highest BCUT2D eigenvalue weighted by atomic mass is 35.5. The summed E-state index contributed by atoms with van der Waals surface area (Å²) in [6, 6.07) is 14.1. The van der Waals surface area contributed by atoms with Crippen LogP contribution in [0, 0.1) is 5.82 Å². The Morgan fingerprint density at radius 3 is 2.58 bits per heavy atom. The first kappa shape index (κ1) is 14.4. The summed E-state index contributed by atoms with van der Waals surface area (Å²) >= 11 is 7.52. The Labute approximate surface area is 121 Å². The largest absolute Gasteiger partial charge is 0.392 e. The van der Waals surface area contributed by atoms with Crippen molar-refractivity contribution in [2.45, 2.75) is 17.4 Å². The Bertz CT molecular complexity index is 533. The maximum absolute atomic E-state index is 12.9. The lowest BCUT2D eigenvalue weighted by atomic mass is 10.1. The van der Waals surface area contributed by atoms with E-state index in [2.05, 4.69) is 0 Å². The maximum Gasteiger partial charge on any atom is 0.124 e. The monoisotopic (exact) mass is 296 g/mol. The van der Waals surface area contributed by atoms with Crippen LogP contribution in [-0.2, 0) is 6.42 Å². The second-order valence-electron chi connectivity index (χ2n) is 4.22. The average molecular weight is 297 g/mol. The van der Waals surface area contributed by atoms with E-state index in [1.165, 1.54) is 12.1 Å². The van der Waals surface area contributed by atoms with Gasteiger partial charge in [0.2, 0.25) is 0 Å². The first-order valence-electron chi connectivity index (χ1n) is 5.95. The van der Waals surface area contributed by atoms with Gasteiger partial charge in [-0.3, -0.25) is 0 Å². The molecular formula is C15H14ClFOS. The van der Waals surface area contributed by atoms with Crippen molar-refractivity contribution in [1.29, 1.82) is 0 Å². The molecule has 2 rings (SSSR count). The third-order valence-electron chi connectivity index (χ3n) is 2.66. The van der Waals surface area contributed by atoms with E-state index in [1.54, 1.807) is 17.8 Å². The number of benzene rings is 2. The molecule has 0 amide bonds. The van der Waals surface area contributed by atoms with Crippen molar-refractivity contribution < 1.29 is 9.50 Å². The minimum absolute atomic E-state index is 0.359. The van der Waals surface area contributed by atoms with Crippen molar-refractivity contribution in [2.75, 3.05) is 5.75 Å². The number of rotatable bonds is 5. The minimum Gasteiger partial charge on any atom is -0.392 e. The Morgan fingerprint density at radius 2 is 1.89 bits per heavy atom. The van der Waals surface area contributed by atoms with E-state index in [9.17, 15) is 9.50 Å². The van der Waals surface area contributed by atoms with E-state index in [0.717, 1.165) is 10.5 Å². The Morgan fingerprint density at radius 1 is 1.16 bits per heavy atom. The summed E-state index contributed by atoms with van der Waals surface area (Å²) in [5.41, 5.74) is 0.768. The topological polar surface area (TPSA) is 20.2 Å². The van der Waals surface area contributed by atoms with Crippen LogP contribution in [0.5, 0.6) is 0 Å². The zero-order valence-electron chi connectivity index (χ0n) is 10.2. The second kappa shape index (κ2) is 6.94. The van der Waals surface area contributed by atoms with E-state index in [-0.39, 0.29) is 5.82 Å². The highest BCUT2D eigenvalue weighted by Crippen LogP contribution is 2.22. The van der Waals surface area contributed by atoms with E-state index >= 15 is 0 Å². The van der Waals surface area contributed by atoms with Crippen LogP contribution < -0.4 is 0 Å². The molecule has 4 heteroatoms. The highest BCUT2D eigenvalue weighted by molar-refractivity contribution is 7.99. The van der Waals surface area contributed by atoms with Gasteiger partial charge in [0.25, 0.3) is 0 Å². The van der Waals surface area contributed by atoms with Crippen LogP contribution in [0.1, 0.15) is 5.56 Å². The predicted octanol–water partition coefficient (Wildman–Crippen LogP) is 4.17. The number of hydrogen-bond acceptors (Lipinski definition) is 2. The minimum atomic E-state index is -0.506. The van der Waals surface area contributed by atoms with Gasteiger partial charge < -0.3 is 5.11 Å². The van der Waals surface area contributed by atoms with Crippen molar-refractivity contribution >= 4 is 23.4 Å². The van der Waals surface area contributed by atoms with Crippen molar-refractivity contribution in [3.05, 3.63) is 64.9 Å². The number of hydrogen-bond donors (Lipinski definition) is 1. The predicted molar refractivity (Wildman–Crippen MR) is 78.3 cm³/mol. The summed E-state index contributed by atoms with van der Waals surface area (Å²) in [7, 11) is 0. The molecule has 2 aromatic carbocycles. The van der Waals surface area contributed by atoms with Crippen molar-refractivity contribution in [1.82, 2.24) is 0 Å². The molecule has 2 aromatic rings. The number of halogens is 2. The first-order valence-corrected chi connectivity index (χ1v) is 7.31. The molecule has 19 heavy (non-hydrogen) atoms. The molecule has 1 nitrogen and oxygen atoms in total. The third-order valence-corrected chi connectivity index (χ3v) is 4.17. The molecule has 0 saturated carbocycles. The van der Waals surface area contributed by atoms with Crippen LogP contribution in [0.4, 0.5) is 4.39 Å². The molecular weight excluding hydrogens is 283 g/mol. The second-order valence-corrected chi connectivity index (χ2v) is 5.72. The summed E-state index contributed by atoms with van der Waals surface area (Å²) in [4.78, 5) is 1.12. The van der Waals surface area contributed by atoms with Gasteiger partial charge in [0, 0.05) is 22.1 Å².